The number of ether oxygens (including phenoxy) is 3. The quantitative estimate of drug-likeness (QED) is 0.841. The molecule has 0 radical (unpaired) electrons. The molecule has 1 saturated heterocycles. The van der Waals surface area contributed by atoms with Crippen LogP contribution in [0.1, 0.15) is 12.8 Å². The third-order valence-corrected chi connectivity index (χ3v) is 3.22. The fourth-order valence-electron chi connectivity index (χ4n) is 2.21. The Hall–Kier alpha value is -1.95. The first kappa shape index (κ1) is 12.1. The van der Waals surface area contributed by atoms with Crippen LogP contribution in [0.25, 0.3) is 0 Å². The third kappa shape index (κ3) is 2.90. The highest BCUT2D eigenvalue weighted by atomic mass is 16.7. The van der Waals surface area contributed by atoms with E-state index in [0.29, 0.717) is 17.2 Å². The number of nitrogens with one attached hydrogen (secondary N) is 2. The summed E-state index contributed by atoms with van der Waals surface area (Å²) in [4.78, 5) is 11.8. The Kier molecular flexibility index (Phi) is 3.41. The van der Waals surface area contributed by atoms with Crippen molar-refractivity contribution >= 4 is 6.09 Å². The molecule has 1 fully saturated rings. The summed E-state index contributed by atoms with van der Waals surface area (Å²) in [5.74, 6) is 1.73. The maximum Gasteiger partial charge on any atom is 0.412 e. The number of carbonyl (C=O) groups is 1. The molecule has 6 nitrogen and oxygen atoms in total. The highest BCUT2D eigenvalue weighted by Gasteiger charge is 2.18. The van der Waals surface area contributed by atoms with Gasteiger partial charge < -0.3 is 24.8 Å². The van der Waals surface area contributed by atoms with Crippen molar-refractivity contribution in [2.75, 3.05) is 19.9 Å². The van der Waals surface area contributed by atoms with E-state index in [1.165, 1.54) is 0 Å². The molecule has 2 aliphatic rings. The molecule has 102 valence electrons. The molecule has 0 bridgehead atoms. The molecule has 3 rings (SSSR count). The van der Waals surface area contributed by atoms with Gasteiger partial charge >= 0.3 is 6.09 Å². The Balaban J connectivity index is 1.56. The Morgan fingerprint density at radius 3 is 2.89 bits per heavy atom. The zero-order valence-corrected chi connectivity index (χ0v) is 10.5. The smallest absolute Gasteiger partial charge is 0.412 e. The molecule has 0 aromatic heterocycles. The maximum absolute atomic E-state index is 11.8. The molecule has 0 saturated carbocycles. The molecule has 6 heteroatoms. The highest BCUT2D eigenvalue weighted by molar-refractivity contribution is 5.71. The molecule has 1 amide bonds. The van der Waals surface area contributed by atoms with E-state index in [0.717, 1.165) is 25.9 Å². The van der Waals surface area contributed by atoms with Crippen LogP contribution in [-0.4, -0.2) is 32.0 Å². The van der Waals surface area contributed by atoms with Crippen LogP contribution >= 0.6 is 0 Å². The van der Waals surface area contributed by atoms with E-state index < -0.39 is 6.09 Å². The third-order valence-electron chi connectivity index (χ3n) is 3.22. The number of fused-ring (bicyclic) bond motifs is 1. The van der Waals surface area contributed by atoms with Crippen LogP contribution in [0.5, 0.6) is 17.2 Å². The largest absolute Gasteiger partial charge is 0.454 e. The number of benzene rings is 1. The summed E-state index contributed by atoms with van der Waals surface area (Å²) in [5.41, 5.74) is 0. The minimum Gasteiger partial charge on any atom is -0.454 e. The Bertz CT molecular complexity index is 472. The van der Waals surface area contributed by atoms with E-state index in [9.17, 15) is 4.79 Å². The first-order chi connectivity index (χ1) is 9.31. The molecule has 1 aromatic carbocycles. The van der Waals surface area contributed by atoms with Gasteiger partial charge in [0, 0.05) is 12.1 Å². The summed E-state index contributed by atoms with van der Waals surface area (Å²) in [6.07, 6.45) is 1.43. The van der Waals surface area contributed by atoms with Gasteiger partial charge in [0.05, 0.1) is 0 Å². The maximum atomic E-state index is 11.8. The normalized spacial score (nSPS) is 18.1. The van der Waals surface area contributed by atoms with E-state index in [1.807, 2.05) is 0 Å². The van der Waals surface area contributed by atoms with Gasteiger partial charge in [-0.2, -0.15) is 0 Å². The minimum absolute atomic E-state index is 0.183. The second-order valence-electron chi connectivity index (χ2n) is 4.57. The first-order valence-corrected chi connectivity index (χ1v) is 6.40. The lowest BCUT2D eigenvalue weighted by Crippen LogP contribution is -2.43. The Labute approximate surface area is 111 Å². The molecule has 1 aromatic rings. The van der Waals surface area contributed by atoms with Gasteiger partial charge in [-0.25, -0.2) is 4.79 Å². The van der Waals surface area contributed by atoms with Gasteiger partial charge in [0.25, 0.3) is 0 Å². The van der Waals surface area contributed by atoms with Crippen LogP contribution < -0.4 is 24.8 Å². The van der Waals surface area contributed by atoms with Crippen LogP contribution in [0, 0.1) is 0 Å². The summed E-state index contributed by atoms with van der Waals surface area (Å²) in [5, 5.41) is 6.11. The lowest BCUT2D eigenvalue weighted by molar-refractivity contribution is 0.173. The summed E-state index contributed by atoms with van der Waals surface area (Å²) in [7, 11) is 0. The van der Waals surface area contributed by atoms with Crippen LogP contribution in [0.15, 0.2) is 18.2 Å². The average molecular weight is 264 g/mol. The molecule has 2 heterocycles. The van der Waals surface area contributed by atoms with E-state index >= 15 is 0 Å². The fourth-order valence-corrected chi connectivity index (χ4v) is 2.21. The van der Waals surface area contributed by atoms with Crippen molar-refractivity contribution in [1.29, 1.82) is 0 Å². The van der Waals surface area contributed by atoms with Crippen molar-refractivity contribution in [1.82, 2.24) is 10.6 Å². The van der Waals surface area contributed by atoms with E-state index in [2.05, 4.69) is 10.6 Å². The number of hydrogen-bond donors (Lipinski definition) is 2. The first-order valence-electron chi connectivity index (χ1n) is 6.40. The van der Waals surface area contributed by atoms with Crippen LogP contribution in [0.3, 0.4) is 0 Å². The standard InChI is InChI=1S/C13H16N2O4/c16-13(15-9-3-5-14-6-4-9)19-10-1-2-11-12(7-10)18-8-17-11/h1-2,7,9,14H,3-6,8H2,(H,15,16). The minimum atomic E-state index is -0.425. The van der Waals surface area contributed by atoms with Crippen molar-refractivity contribution in [2.24, 2.45) is 0 Å². The van der Waals surface area contributed by atoms with Crippen molar-refractivity contribution in [2.45, 2.75) is 18.9 Å². The van der Waals surface area contributed by atoms with Gasteiger partial charge in [-0.05, 0) is 38.1 Å². The predicted octanol–water partition coefficient (Wildman–Crippen LogP) is 1.26. The van der Waals surface area contributed by atoms with Crippen molar-refractivity contribution in [3.8, 4) is 17.2 Å². The summed E-state index contributed by atoms with van der Waals surface area (Å²) >= 11 is 0. The summed E-state index contributed by atoms with van der Waals surface area (Å²) in [6.45, 7) is 2.06. The van der Waals surface area contributed by atoms with E-state index in [4.69, 9.17) is 14.2 Å². The van der Waals surface area contributed by atoms with Crippen LogP contribution in [0.4, 0.5) is 4.79 Å². The molecule has 2 N–H and O–H groups in total. The molecule has 0 atom stereocenters. The molecule has 2 aliphatic heterocycles. The average Bonchev–Trinajstić information content (AvgIpc) is 2.87. The van der Waals surface area contributed by atoms with Gasteiger partial charge in [-0.1, -0.05) is 0 Å². The lowest BCUT2D eigenvalue weighted by Gasteiger charge is -2.23. The number of rotatable bonds is 2. The van der Waals surface area contributed by atoms with Gasteiger partial charge in [0.15, 0.2) is 11.5 Å². The Morgan fingerprint density at radius 1 is 1.26 bits per heavy atom. The molecule has 0 spiro atoms. The zero-order valence-electron chi connectivity index (χ0n) is 10.5. The van der Waals surface area contributed by atoms with Crippen LogP contribution in [0.2, 0.25) is 0 Å². The van der Waals surface area contributed by atoms with Crippen molar-refractivity contribution < 1.29 is 19.0 Å². The SMILES string of the molecule is O=C(NC1CCNCC1)Oc1ccc2c(c1)OCO2. The second-order valence-corrected chi connectivity index (χ2v) is 4.57. The van der Waals surface area contributed by atoms with Gasteiger partial charge in [-0.3, -0.25) is 0 Å². The van der Waals surface area contributed by atoms with E-state index in [1.54, 1.807) is 18.2 Å². The topological polar surface area (TPSA) is 68.8 Å². The number of piperidine rings is 1. The fraction of sp³-hybridized carbons (Fsp3) is 0.462. The molecular formula is C13H16N2O4. The Morgan fingerprint density at radius 2 is 2.05 bits per heavy atom. The van der Waals surface area contributed by atoms with Crippen LogP contribution in [-0.2, 0) is 0 Å². The van der Waals surface area contributed by atoms with E-state index in [-0.39, 0.29) is 12.8 Å². The highest BCUT2D eigenvalue weighted by Crippen LogP contribution is 2.35. The molecule has 0 aliphatic carbocycles. The zero-order chi connectivity index (χ0) is 13.1. The molecule has 19 heavy (non-hydrogen) atoms. The predicted molar refractivity (Wildman–Crippen MR) is 67.6 cm³/mol. The lowest BCUT2D eigenvalue weighted by atomic mass is 10.1. The number of hydrogen-bond acceptors (Lipinski definition) is 5. The molecular weight excluding hydrogens is 248 g/mol. The van der Waals surface area contributed by atoms with Gasteiger partial charge in [-0.15, -0.1) is 0 Å². The number of amides is 1. The van der Waals surface area contributed by atoms with Gasteiger partial charge in [0.1, 0.15) is 5.75 Å². The van der Waals surface area contributed by atoms with Crippen molar-refractivity contribution in [3.05, 3.63) is 18.2 Å². The molecule has 0 unspecified atom stereocenters. The van der Waals surface area contributed by atoms with Gasteiger partial charge in [0.2, 0.25) is 6.79 Å². The monoisotopic (exact) mass is 264 g/mol. The summed E-state index contributed by atoms with van der Waals surface area (Å²) < 4.78 is 15.7. The second kappa shape index (κ2) is 5.36. The van der Waals surface area contributed by atoms with Crippen molar-refractivity contribution in [3.63, 3.8) is 0 Å². The number of carbonyl (C=O) groups excluding carboxylic acids is 1. The summed E-state index contributed by atoms with van der Waals surface area (Å²) in [6, 6.07) is 5.26.